The SMILES string of the molecule is CC/C(C)=C/NC(=O)NCc1cccc(OC)c1. The Morgan fingerprint density at radius 3 is 2.89 bits per heavy atom. The van der Waals surface area contributed by atoms with Gasteiger partial charge in [0.2, 0.25) is 0 Å². The van der Waals surface area contributed by atoms with Gasteiger partial charge in [0.1, 0.15) is 5.75 Å². The molecule has 0 aliphatic rings. The number of hydrogen-bond donors (Lipinski definition) is 2. The Balaban J connectivity index is 2.42. The molecule has 0 atom stereocenters. The molecule has 0 bridgehead atoms. The quantitative estimate of drug-likeness (QED) is 0.841. The smallest absolute Gasteiger partial charge is 0.319 e. The fourth-order valence-corrected chi connectivity index (χ4v) is 1.31. The van der Waals surface area contributed by atoms with Gasteiger partial charge in [-0.25, -0.2) is 4.79 Å². The molecule has 0 aromatic heterocycles. The zero-order chi connectivity index (χ0) is 13.4. The van der Waals surface area contributed by atoms with Crippen molar-refractivity contribution in [1.29, 1.82) is 0 Å². The zero-order valence-corrected chi connectivity index (χ0v) is 11.1. The normalized spacial score (nSPS) is 10.9. The number of allylic oxidation sites excluding steroid dienone is 1. The molecular weight excluding hydrogens is 228 g/mol. The van der Waals surface area contributed by atoms with E-state index in [0.29, 0.717) is 6.54 Å². The van der Waals surface area contributed by atoms with Crippen LogP contribution in [0.5, 0.6) is 5.75 Å². The number of nitrogens with one attached hydrogen (secondary N) is 2. The molecule has 0 spiro atoms. The van der Waals surface area contributed by atoms with Crippen molar-refractivity contribution < 1.29 is 9.53 Å². The van der Waals surface area contributed by atoms with E-state index in [1.54, 1.807) is 13.3 Å². The second-order valence-electron chi connectivity index (χ2n) is 4.02. The predicted octanol–water partition coefficient (Wildman–Crippen LogP) is 2.81. The molecule has 2 N–H and O–H groups in total. The van der Waals surface area contributed by atoms with Crippen LogP contribution in [0.15, 0.2) is 36.0 Å². The second kappa shape index (κ2) is 7.37. The average Bonchev–Trinajstić information content (AvgIpc) is 2.42. The summed E-state index contributed by atoms with van der Waals surface area (Å²) >= 11 is 0. The van der Waals surface area contributed by atoms with E-state index < -0.39 is 0 Å². The van der Waals surface area contributed by atoms with Gasteiger partial charge in [-0.05, 0) is 31.0 Å². The second-order valence-corrected chi connectivity index (χ2v) is 4.02. The Morgan fingerprint density at radius 2 is 2.22 bits per heavy atom. The molecule has 0 aliphatic carbocycles. The minimum Gasteiger partial charge on any atom is -0.497 e. The lowest BCUT2D eigenvalue weighted by Crippen LogP contribution is -2.31. The molecule has 0 aliphatic heterocycles. The molecule has 0 heterocycles. The number of rotatable bonds is 5. The Morgan fingerprint density at radius 1 is 1.44 bits per heavy atom. The van der Waals surface area contributed by atoms with Crippen molar-refractivity contribution in [2.45, 2.75) is 26.8 Å². The van der Waals surface area contributed by atoms with Crippen LogP contribution in [0.3, 0.4) is 0 Å². The lowest BCUT2D eigenvalue weighted by atomic mass is 10.2. The van der Waals surface area contributed by atoms with Crippen LogP contribution in [0.1, 0.15) is 25.8 Å². The van der Waals surface area contributed by atoms with Gasteiger partial charge in [0.05, 0.1) is 7.11 Å². The molecule has 1 aromatic rings. The van der Waals surface area contributed by atoms with Crippen LogP contribution in [-0.2, 0) is 6.54 Å². The van der Waals surface area contributed by atoms with Gasteiger partial charge in [0.25, 0.3) is 0 Å². The van der Waals surface area contributed by atoms with E-state index in [2.05, 4.69) is 10.6 Å². The highest BCUT2D eigenvalue weighted by molar-refractivity contribution is 5.74. The molecule has 0 unspecified atom stereocenters. The number of benzene rings is 1. The fraction of sp³-hybridized carbons (Fsp3) is 0.357. The van der Waals surface area contributed by atoms with Crippen LogP contribution in [-0.4, -0.2) is 13.1 Å². The highest BCUT2D eigenvalue weighted by Crippen LogP contribution is 2.11. The summed E-state index contributed by atoms with van der Waals surface area (Å²) in [6.07, 6.45) is 2.65. The fourth-order valence-electron chi connectivity index (χ4n) is 1.31. The summed E-state index contributed by atoms with van der Waals surface area (Å²) in [5.74, 6) is 0.788. The molecule has 4 heteroatoms. The van der Waals surface area contributed by atoms with Crippen molar-refractivity contribution in [3.05, 3.63) is 41.6 Å². The molecule has 0 saturated heterocycles. The van der Waals surface area contributed by atoms with Crippen molar-refractivity contribution in [1.82, 2.24) is 10.6 Å². The van der Waals surface area contributed by atoms with E-state index >= 15 is 0 Å². The third kappa shape index (κ3) is 4.91. The van der Waals surface area contributed by atoms with E-state index in [4.69, 9.17) is 4.74 Å². The average molecular weight is 248 g/mol. The van der Waals surface area contributed by atoms with Gasteiger partial charge in [0, 0.05) is 12.7 Å². The molecule has 0 saturated carbocycles. The lowest BCUT2D eigenvalue weighted by Gasteiger charge is -2.07. The standard InChI is InChI=1S/C14H20N2O2/c1-4-11(2)9-15-14(17)16-10-12-6-5-7-13(8-12)18-3/h5-9H,4,10H2,1-3H3,(H2,15,16,17)/b11-9+. The summed E-state index contributed by atoms with van der Waals surface area (Å²) in [5, 5.41) is 5.47. The van der Waals surface area contributed by atoms with Crippen LogP contribution in [0.4, 0.5) is 4.79 Å². The van der Waals surface area contributed by atoms with Gasteiger partial charge in [0.15, 0.2) is 0 Å². The van der Waals surface area contributed by atoms with Crippen molar-refractivity contribution in [2.75, 3.05) is 7.11 Å². The lowest BCUT2D eigenvalue weighted by molar-refractivity contribution is 0.243. The Labute approximate surface area is 108 Å². The molecule has 1 rings (SSSR count). The van der Waals surface area contributed by atoms with E-state index in [0.717, 1.165) is 23.3 Å². The van der Waals surface area contributed by atoms with Crippen LogP contribution in [0.25, 0.3) is 0 Å². The summed E-state index contributed by atoms with van der Waals surface area (Å²) in [4.78, 5) is 11.5. The maximum Gasteiger partial charge on any atom is 0.319 e. The van der Waals surface area contributed by atoms with E-state index in [-0.39, 0.29) is 6.03 Å². The van der Waals surface area contributed by atoms with Crippen molar-refractivity contribution in [2.24, 2.45) is 0 Å². The van der Waals surface area contributed by atoms with Gasteiger partial charge >= 0.3 is 6.03 Å². The molecular formula is C14H20N2O2. The zero-order valence-electron chi connectivity index (χ0n) is 11.1. The molecule has 4 nitrogen and oxygen atoms in total. The van der Waals surface area contributed by atoms with E-state index in [1.807, 2.05) is 38.1 Å². The molecule has 0 fully saturated rings. The molecule has 18 heavy (non-hydrogen) atoms. The summed E-state index contributed by atoms with van der Waals surface area (Å²) < 4.78 is 5.12. The van der Waals surface area contributed by atoms with Gasteiger partial charge in [-0.2, -0.15) is 0 Å². The maximum atomic E-state index is 11.5. The van der Waals surface area contributed by atoms with Crippen LogP contribution >= 0.6 is 0 Å². The Hall–Kier alpha value is -1.97. The predicted molar refractivity (Wildman–Crippen MR) is 72.4 cm³/mol. The summed E-state index contributed by atoms with van der Waals surface area (Å²) in [6.45, 7) is 4.49. The third-order valence-electron chi connectivity index (χ3n) is 2.59. The highest BCUT2D eigenvalue weighted by atomic mass is 16.5. The molecule has 1 aromatic carbocycles. The number of urea groups is 1. The maximum absolute atomic E-state index is 11.5. The molecule has 2 amide bonds. The van der Waals surface area contributed by atoms with Crippen LogP contribution < -0.4 is 15.4 Å². The van der Waals surface area contributed by atoms with Crippen molar-refractivity contribution in [3.8, 4) is 5.75 Å². The minimum absolute atomic E-state index is 0.203. The van der Waals surface area contributed by atoms with Gasteiger partial charge in [-0.1, -0.05) is 24.6 Å². The minimum atomic E-state index is -0.203. The first-order valence-corrected chi connectivity index (χ1v) is 5.98. The van der Waals surface area contributed by atoms with Gasteiger partial charge < -0.3 is 15.4 Å². The summed E-state index contributed by atoms with van der Waals surface area (Å²) in [7, 11) is 1.62. The third-order valence-corrected chi connectivity index (χ3v) is 2.59. The largest absolute Gasteiger partial charge is 0.497 e. The van der Waals surface area contributed by atoms with Gasteiger partial charge in [-0.3, -0.25) is 0 Å². The number of methoxy groups -OCH3 is 1. The topological polar surface area (TPSA) is 50.4 Å². The van der Waals surface area contributed by atoms with Crippen LogP contribution in [0, 0.1) is 0 Å². The number of carbonyl (C=O) groups excluding carboxylic acids is 1. The first-order chi connectivity index (χ1) is 8.65. The Kier molecular flexibility index (Phi) is 5.77. The monoisotopic (exact) mass is 248 g/mol. The summed E-state index contributed by atoms with van der Waals surface area (Å²) in [6, 6.07) is 7.40. The van der Waals surface area contributed by atoms with Crippen molar-refractivity contribution >= 4 is 6.03 Å². The van der Waals surface area contributed by atoms with Crippen LogP contribution in [0.2, 0.25) is 0 Å². The Bertz CT molecular complexity index is 428. The van der Waals surface area contributed by atoms with Crippen molar-refractivity contribution in [3.63, 3.8) is 0 Å². The van der Waals surface area contributed by atoms with E-state index in [9.17, 15) is 4.79 Å². The van der Waals surface area contributed by atoms with Gasteiger partial charge in [-0.15, -0.1) is 0 Å². The molecule has 0 radical (unpaired) electrons. The number of ether oxygens (including phenoxy) is 1. The number of carbonyl (C=O) groups is 1. The number of hydrogen-bond acceptors (Lipinski definition) is 2. The molecule has 98 valence electrons. The summed E-state index contributed by atoms with van der Waals surface area (Å²) in [5.41, 5.74) is 2.13. The first kappa shape index (κ1) is 14.1. The number of amides is 2. The van der Waals surface area contributed by atoms with E-state index in [1.165, 1.54) is 0 Å². The first-order valence-electron chi connectivity index (χ1n) is 5.98. The highest BCUT2D eigenvalue weighted by Gasteiger charge is 1.99.